The topological polar surface area (TPSA) is 42.0 Å². The first-order chi connectivity index (χ1) is 14.9. The third kappa shape index (κ3) is 3.24. The Morgan fingerprint density at radius 1 is 0.871 bits per heavy atom. The van der Waals surface area contributed by atoms with Crippen molar-refractivity contribution in [1.82, 2.24) is 4.98 Å². The average molecular weight is 418 g/mol. The van der Waals surface area contributed by atoms with Crippen molar-refractivity contribution in [2.24, 2.45) is 0 Å². The second-order valence-corrected chi connectivity index (χ2v) is 7.66. The average Bonchev–Trinajstić information content (AvgIpc) is 3.06. The van der Waals surface area contributed by atoms with Gasteiger partial charge in [0.2, 0.25) is 0 Å². The first kappa shape index (κ1) is 19.3. The van der Waals surface area contributed by atoms with Gasteiger partial charge in [-0.15, -0.1) is 0 Å². The third-order valence-electron chi connectivity index (χ3n) is 5.69. The minimum Gasteiger partial charge on any atom is -0.368 e. The Kier molecular flexibility index (Phi) is 4.32. The summed E-state index contributed by atoms with van der Waals surface area (Å²) in [7, 11) is 0. The summed E-state index contributed by atoms with van der Waals surface area (Å²) in [5.41, 5.74) is 1.51. The van der Waals surface area contributed by atoms with Crippen molar-refractivity contribution in [3.05, 3.63) is 107 Å². The van der Waals surface area contributed by atoms with Gasteiger partial charge in [0, 0.05) is 28.8 Å². The fourth-order valence-electron chi connectivity index (χ4n) is 4.17. The van der Waals surface area contributed by atoms with Crippen LogP contribution in [0.4, 0.5) is 18.9 Å². The molecular weight excluding hydrogens is 401 g/mol. The number of aromatic nitrogens is 1. The predicted octanol–water partition coefficient (Wildman–Crippen LogP) is 6.00. The van der Waals surface area contributed by atoms with Gasteiger partial charge in [0.25, 0.3) is 0 Å². The molecule has 6 heteroatoms. The van der Waals surface area contributed by atoms with Crippen molar-refractivity contribution in [3.63, 3.8) is 0 Å². The van der Waals surface area contributed by atoms with Crippen molar-refractivity contribution in [3.8, 4) is 0 Å². The standard InChI is InChI=1S/C25H17F3N2O/c26-25(27,28)18-11-13-21-16(14-18)10-12-19(29-21)15-24(17-6-2-1-3-7-17)23(31)20-8-4-5-9-22(20)30-24/h1-14,30H,15H2. The van der Waals surface area contributed by atoms with Gasteiger partial charge >= 0.3 is 6.18 Å². The highest BCUT2D eigenvalue weighted by Gasteiger charge is 2.46. The van der Waals surface area contributed by atoms with Crippen LogP contribution in [0.25, 0.3) is 10.9 Å². The van der Waals surface area contributed by atoms with Gasteiger partial charge in [-0.2, -0.15) is 13.2 Å². The zero-order chi connectivity index (χ0) is 21.6. The molecule has 1 N–H and O–H groups in total. The molecule has 5 rings (SSSR count). The van der Waals surface area contributed by atoms with Crippen LogP contribution in [0.5, 0.6) is 0 Å². The van der Waals surface area contributed by atoms with Crippen molar-refractivity contribution in [2.45, 2.75) is 18.1 Å². The van der Waals surface area contributed by atoms with Crippen molar-refractivity contribution in [2.75, 3.05) is 5.32 Å². The summed E-state index contributed by atoms with van der Waals surface area (Å²) in [6.07, 6.45) is -4.14. The maximum atomic E-state index is 13.5. The molecule has 0 spiro atoms. The number of carbonyl (C=O) groups is 1. The summed E-state index contributed by atoms with van der Waals surface area (Å²) in [6, 6.07) is 23.6. The van der Waals surface area contributed by atoms with E-state index in [-0.39, 0.29) is 12.2 Å². The van der Waals surface area contributed by atoms with Crippen LogP contribution in [-0.4, -0.2) is 10.8 Å². The van der Waals surface area contributed by atoms with E-state index in [1.807, 2.05) is 48.5 Å². The minimum atomic E-state index is -4.41. The lowest BCUT2D eigenvalue weighted by Crippen LogP contribution is -2.41. The molecule has 3 nitrogen and oxygen atoms in total. The molecule has 3 aromatic carbocycles. The molecule has 2 heterocycles. The lowest BCUT2D eigenvalue weighted by atomic mass is 9.81. The van der Waals surface area contributed by atoms with Crippen LogP contribution in [-0.2, 0) is 18.1 Å². The molecular formula is C25H17F3N2O. The fourth-order valence-corrected chi connectivity index (χ4v) is 4.17. The Morgan fingerprint density at radius 2 is 1.61 bits per heavy atom. The molecule has 0 aliphatic carbocycles. The lowest BCUT2D eigenvalue weighted by molar-refractivity contribution is -0.137. The minimum absolute atomic E-state index is 0.0522. The Labute approximate surface area is 176 Å². The highest BCUT2D eigenvalue weighted by Crippen LogP contribution is 2.41. The number of nitrogens with zero attached hydrogens (tertiary/aromatic N) is 1. The Balaban J connectivity index is 1.58. The number of halogens is 3. The molecule has 0 fully saturated rings. The molecule has 1 aliphatic heterocycles. The van der Waals surface area contributed by atoms with Crippen molar-refractivity contribution >= 4 is 22.4 Å². The van der Waals surface area contributed by atoms with Crippen LogP contribution >= 0.6 is 0 Å². The Bertz CT molecular complexity index is 1300. The number of pyridine rings is 1. The number of benzene rings is 3. The number of ketones is 1. The number of hydrogen-bond acceptors (Lipinski definition) is 3. The summed E-state index contributed by atoms with van der Waals surface area (Å²) in [4.78, 5) is 18.1. The van der Waals surface area contributed by atoms with Crippen LogP contribution in [0.2, 0.25) is 0 Å². The highest BCUT2D eigenvalue weighted by atomic mass is 19.4. The quantitative estimate of drug-likeness (QED) is 0.444. The van der Waals surface area contributed by atoms with Crippen LogP contribution < -0.4 is 5.32 Å². The lowest BCUT2D eigenvalue weighted by Gasteiger charge is -2.29. The number of Topliss-reactive ketones (excluding diaryl/α,β-unsaturated/α-hetero) is 1. The zero-order valence-corrected chi connectivity index (χ0v) is 16.3. The number of para-hydroxylation sites is 1. The van der Waals surface area contributed by atoms with Crippen LogP contribution in [0.1, 0.15) is 27.2 Å². The van der Waals surface area contributed by atoms with E-state index >= 15 is 0 Å². The maximum absolute atomic E-state index is 13.5. The van der Waals surface area contributed by atoms with Gasteiger partial charge in [0.15, 0.2) is 5.78 Å². The van der Waals surface area contributed by atoms with E-state index in [0.717, 1.165) is 23.4 Å². The molecule has 31 heavy (non-hydrogen) atoms. The van der Waals surface area contributed by atoms with Gasteiger partial charge in [0.1, 0.15) is 5.54 Å². The second-order valence-electron chi connectivity index (χ2n) is 7.66. The molecule has 1 atom stereocenters. The van der Waals surface area contributed by atoms with Crippen LogP contribution in [0.15, 0.2) is 84.9 Å². The third-order valence-corrected chi connectivity index (χ3v) is 5.69. The largest absolute Gasteiger partial charge is 0.416 e. The van der Waals surface area contributed by atoms with Gasteiger partial charge in [-0.25, -0.2) is 0 Å². The molecule has 0 bridgehead atoms. The number of alkyl halides is 3. The van der Waals surface area contributed by atoms with E-state index in [1.165, 1.54) is 6.07 Å². The number of anilines is 1. The van der Waals surface area contributed by atoms with E-state index in [0.29, 0.717) is 22.2 Å². The number of fused-ring (bicyclic) bond motifs is 2. The molecule has 1 aromatic heterocycles. The molecule has 0 radical (unpaired) electrons. The number of carbonyl (C=O) groups excluding carboxylic acids is 1. The molecule has 0 amide bonds. The van der Waals surface area contributed by atoms with E-state index in [1.54, 1.807) is 18.2 Å². The summed E-state index contributed by atoms with van der Waals surface area (Å²) in [5.74, 6) is -0.0522. The van der Waals surface area contributed by atoms with Gasteiger partial charge in [-0.05, 0) is 42.0 Å². The number of rotatable bonds is 3. The number of nitrogens with one attached hydrogen (secondary N) is 1. The van der Waals surface area contributed by atoms with Gasteiger partial charge in [-0.1, -0.05) is 48.5 Å². The molecule has 4 aromatic rings. The zero-order valence-electron chi connectivity index (χ0n) is 16.3. The highest BCUT2D eigenvalue weighted by molar-refractivity contribution is 6.13. The van der Waals surface area contributed by atoms with E-state index in [2.05, 4.69) is 10.3 Å². The summed E-state index contributed by atoms with van der Waals surface area (Å²) >= 11 is 0. The second kappa shape index (κ2) is 6.94. The van der Waals surface area contributed by atoms with Crippen molar-refractivity contribution in [1.29, 1.82) is 0 Å². The van der Waals surface area contributed by atoms with Gasteiger partial charge in [-0.3, -0.25) is 9.78 Å². The summed E-state index contributed by atoms with van der Waals surface area (Å²) in [6.45, 7) is 0. The van der Waals surface area contributed by atoms with Gasteiger partial charge in [0.05, 0.1) is 11.1 Å². The Morgan fingerprint density at radius 3 is 2.35 bits per heavy atom. The summed E-state index contributed by atoms with van der Waals surface area (Å²) < 4.78 is 39.0. The molecule has 154 valence electrons. The first-order valence-electron chi connectivity index (χ1n) is 9.81. The van der Waals surface area contributed by atoms with Crippen molar-refractivity contribution < 1.29 is 18.0 Å². The van der Waals surface area contributed by atoms with Gasteiger partial charge < -0.3 is 5.32 Å². The summed E-state index contributed by atoms with van der Waals surface area (Å²) in [5, 5.41) is 3.81. The first-order valence-corrected chi connectivity index (χ1v) is 9.81. The SMILES string of the molecule is O=C1c2ccccc2NC1(Cc1ccc2cc(C(F)(F)F)ccc2n1)c1ccccc1. The normalized spacial score (nSPS) is 18.1. The molecule has 0 saturated heterocycles. The molecule has 1 aliphatic rings. The predicted molar refractivity (Wildman–Crippen MR) is 113 cm³/mol. The Hall–Kier alpha value is -3.67. The number of hydrogen-bond donors (Lipinski definition) is 1. The maximum Gasteiger partial charge on any atom is 0.416 e. The smallest absolute Gasteiger partial charge is 0.368 e. The molecule has 0 saturated carbocycles. The van der Waals surface area contributed by atoms with Crippen LogP contribution in [0, 0.1) is 0 Å². The van der Waals surface area contributed by atoms with E-state index in [9.17, 15) is 18.0 Å². The molecule has 1 unspecified atom stereocenters. The monoisotopic (exact) mass is 418 g/mol. The van der Waals surface area contributed by atoms with E-state index in [4.69, 9.17) is 0 Å². The van der Waals surface area contributed by atoms with Crippen LogP contribution in [0.3, 0.4) is 0 Å². The van der Waals surface area contributed by atoms with E-state index < -0.39 is 17.3 Å². The fraction of sp³-hybridized carbons (Fsp3) is 0.120.